The zero-order chi connectivity index (χ0) is 11.6. The first-order valence-electron chi connectivity index (χ1n) is 6.12. The van der Waals surface area contributed by atoms with E-state index >= 15 is 0 Å². The molecule has 1 aromatic heterocycles. The monoisotopic (exact) mass is 239 g/mol. The van der Waals surface area contributed by atoms with Crippen LogP contribution in [0.25, 0.3) is 0 Å². The maximum absolute atomic E-state index is 5.75. The van der Waals surface area contributed by atoms with Crippen LogP contribution in [0.3, 0.4) is 0 Å². The van der Waals surface area contributed by atoms with Gasteiger partial charge in [0.25, 0.3) is 0 Å². The zero-order valence-electron chi connectivity index (χ0n) is 10.2. The molecule has 0 aromatic carbocycles. The lowest BCUT2D eigenvalue weighted by atomic mass is 9.83. The average molecular weight is 239 g/mol. The standard InChI is InChI=1S/C12H21N3S/c1-3-12(6-4-5-7-12)8-14-11-9(2)10(13)15-16-11/h14H,3-8H2,1-2H3,(H2,13,15). The highest BCUT2D eigenvalue weighted by molar-refractivity contribution is 7.10. The molecule has 1 aromatic rings. The number of nitrogens with zero attached hydrogens (tertiary/aromatic N) is 1. The largest absolute Gasteiger partial charge is 0.383 e. The van der Waals surface area contributed by atoms with Crippen molar-refractivity contribution in [3.63, 3.8) is 0 Å². The number of nitrogen functional groups attached to an aromatic ring is 1. The SMILES string of the molecule is CCC1(CNc2snc(N)c2C)CCCC1. The molecule has 90 valence electrons. The van der Waals surface area contributed by atoms with Crippen LogP contribution in [-0.4, -0.2) is 10.9 Å². The molecule has 0 atom stereocenters. The van der Waals surface area contributed by atoms with Gasteiger partial charge in [0.1, 0.15) is 10.8 Å². The maximum atomic E-state index is 5.75. The smallest absolute Gasteiger partial charge is 0.142 e. The van der Waals surface area contributed by atoms with Crippen molar-refractivity contribution in [3.05, 3.63) is 5.56 Å². The van der Waals surface area contributed by atoms with Crippen LogP contribution in [0.1, 0.15) is 44.6 Å². The Morgan fingerprint density at radius 3 is 2.62 bits per heavy atom. The number of nitrogens with two attached hydrogens (primary N) is 1. The number of rotatable bonds is 4. The molecule has 1 heterocycles. The van der Waals surface area contributed by atoms with Crippen molar-refractivity contribution in [3.8, 4) is 0 Å². The number of anilines is 2. The first kappa shape index (κ1) is 11.7. The summed E-state index contributed by atoms with van der Waals surface area (Å²) in [7, 11) is 0. The predicted molar refractivity (Wildman–Crippen MR) is 70.9 cm³/mol. The van der Waals surface area contributed by atoms with E-state index in [1.807, 2.05) is 6.92 Å². The summed E-state index contributed by atoms with van der Waals surface area (Å²) in [5, 5.41) is 4.69. The van der Waals surface area contributed by atoms with Crippen molar-refractivity contribution in [1.29, 1.82) is 0 Å². The molecule has 3 N–H and O–H groups in total. The molecule has 0 radical (unpaired) electrons. The zero-order valence-corrected chi connectivity index (χ0v) is 11.0. The molecule has 0 saturated heterocycles. The van der Waals surface area contributed by atoms with Crippen LogP contribution in [0, 0.1) is 12.3 Å². The molecule has 0 amide bonds. The van der Waals surface area contributed by atoms with Crippen LogP contribution in [0.4, 0.5) is 10.8 Å². The van der Waals surface area contributed by atoms with Gasteiger partial charge in [0.15, 0.2) is 0 Å². The lowest BCUT2D eigenvalue weighted by molar-refractivity contribution is 0.307. The van der Waals surface area contributed by atoms with Gasteiger partial charge in [-0.2, -0.15) is 4.37 Å². The quantitative estimate of drug-likeness (QED) is 0.846. The molecule has 0 bridgehead atoms. The summed E-state index contributed by atoms with van der Waals surface area (Å²) >= 11 is 1.48. The van der Waals surface area contributed by atoms with E-state index in [1.165, 1.54) is 43.6 Å². The van der Waals surface area contributed by atoms with E-state index in [1.54, 1.807) is 0 Å². The van der Waals surface area contributed by atoms with E-state index in [0.717, 1.165) is 17.1 Å². The molecule has 0 aliphatic heterocycles. The minimum atomic E-state index is 0.519. The Labute approximate surface area is 102 Å². The van der Waals surface area contributed by atoms with Crippen LogP contribution in [0.15, 0.2) is 0 Å². The molecule has 1 saturated carbocycles. The fraction of sp³-hybridized carbons (Fsp3) is 0.750. The van der Waals surface area contributed by atoms with Crippen molar-refractivity contribution in [2.24, 2.45) is 5.41 Å². The highest BCUT2D eigenvalue weighted by Crippen LogP contribution is 2.41. The fourth-order valence-electron chi connectivity index (χ4n) is 2.56. The van der Waals surface area contributed by atoms with Crippen LogP contribution in [0.2, 0.25) is 0 Å². The Hall–Kier alpha value is -0.770. The van der Waals surface area contributed by atoms with E-state index in [9.17, 15) is 0 Å². The highest BCUT2D eigenvalue weighted by Gasteiger charge is 2.31. The van der Waals surface area contributed by atoms with Gasteiger partial charge in [-0.1, -0.05) is 19.8 Å². The van der Waals surface area contributed by atoms with Gasteiger partial charge in [-0.3, -0.25) is 0 Å². The number of hydrogen-bond donors (Lipinski definition) is 2. The summed E-state index contributed by atoms with van der Waals surface area (Å²) in [5.41, 5.74) is 7.37. The van der Waals surface area contributed by atoms with Gasteiger partial charge in [-0.05, 0) is 43.1 Å². The minimum Gasteiger partial charge on any atom is -0.383 e. The fourth-order valence-corrected chi connectivity index (χ4v) is 3.27. The molecule has 1 aliphatic carbocycles. The summed E-state index contributed by atoms with van der Waals surface area (Å²) in [5.74, 6) is 0.671. The van der Waals surface area contributed by atoms with Crippen molar-refractivity contribution >= 4 is 22.4 Å². The van der Waals surface area contributed by atoms with Gasteiger partial charge < -0.3 is 11.1 Å². The van der Waals surface area contributed by atoms with Crippen LogP contribution in [-0.2, 0) is 0 Å². The van der Waals surface area contributed by atoms with Crippen molar-refractivity contribution in [2.75, 3.05) is 17.6 Å². The van der Waals surface area contributed by atoms with Gasteiger partial charge in [-0.25, -0.2) is 0 Å². The average Bonchev–Trinajstić information content (AvgIpc) is 2.87. The Balaban J connectivity index is 1.98. The van der Waals surface area contributed by atoms with Gasteiger partial charge in [0.2, 0.25) is 0 Å². The van der Waals surface area contributed by atoms with Crippen LogP contribution >= 0.6 is 11.5 Å². The van der Waals surface area contributed by atoms with Gasteiger partial charge in [0.05, 0.1) is 0 Å². The first-order chi connectivity index (χ1) is 7.67. The highest BCUT2D eigenvalue weighted by atomic mass is 32.1. The normalized spacial score (nSPS) is 18.9. The second-order valence-electron chi connectivity index (χ2n) is 4.94. The summed E-state index contributed by atoms with van der Waals surface area (Å²) in [6, 6.07) is 0. The summed E-state index contributed by atoms with van der Waals surface area (Å²) in [6.45, 7) is 5.42. The van der Waals surface area contributed by atoms with Gasteiger partial charge >= 0.3 is 0 Å². The summed E-state index contributed by atoms with van der Waals surface area (Å²) < 4.78 is 4.17. The molecule has 4 heteroatoms. The first-order valence-corrected chi connectivity index (χ1v) is 6.90. The minimum absolute atomic E-state index is 0.519. The summed E-state index contributed by atoms with van der Waals surface area (Å²) in [4.78, 5) is 0. The molecule has 3 nitrogen and oxygen atoms in total. The number of nitrogens with one attached hydrogen (secondary N) is 1. The molecule has 1 aliphatic rings. The Bertz CT molecular complexity index is 353. The van der Waals surface area contributed by atoms with E-state index in [2.05, 4.69) is 16.6 Å². The van der Waals surface area contributed by atoms with E-state index in [4.69, 9.17) is 5.73 Å². The third-order valence-electron chi connectivity index (χ3n) is 4.00. The lowest BCUT2D eigenvalue weighted by Crippen LogP contribution is -2.25. The Kier molecular flexibility index (Phi) is 3.38. The number of hydrogen-bond acceptors (Lipinski definition) is 4. The van der Waals surface area contributed by atoms with Crippen LogP contribution < -0.4 is 11.1 Å². The third-order valence-corrected chi connectivity index (χ3v) is 4.92. The molecule has 0 spiro atoms. The third kappa shape index (κ3) is 2.17. The number of aromatic nitrogens is 1. The predicted octanol–water partition coefficient (Wildman–Crippen LogP) is 3.42. The second kappa shape index (κ2) is 4.62. The molecule has 0 unspecified atom stereocenters. The van der Waals surface area contributed by atoms with Crippen molar-refractivity contribution < 1.29 is 0 Å². The topological polar surface area (TPSA) is 50.9 Å². The van der Waals surface area contributed by atoms with Gasteiger partial charge in [-0.15, -0.1) is 0 Å². The Morgan fingerprint density at radius 1 is 1.44 bits per heavy atom. The van der Waals surface area contributed by atoms with E-state index in [0.29, 0.717) is 11.2 Å². The summed E-state index contributed by atoms with van der Waals surface area (Å²) in [6.07, 6.45) is 6.78. The Morgan fingerprint density at radius 2 is 2.12 bits per heavy atom. The van der Waals surface area contributed by atoms with E-state index in [-0.39, 0.29) is 0 Å². The second-order valence-corrected chi connectivity index (χ2v) is 5.71. The maximum Gasteiger partial charge on any atom is 0.142 e. The van der Waals surface area contributed by atoms with E-state index < -0.39 is 0 Å². The van der Waals surface area contributed by atoms with Crippen molar-refractivity contribution in [2.45, 2.75) is 46.0 Å². The molecular weight excluding hydrogens is 218 g/mol. The molecular formula is C12H21N3S. The van der Waals surface area contributed by atoms with Crippen molar-refractivity contribution in [1.82, 2.24) is 4.37 Å². The molecule has 2 rings (SSSR count). The molecule has 1 fully saturated rings. The van der Waals surface area contributed by atoms with Gasteiger partial charge in [0, 0.05) is 12.1 Å². The molecule has 16 heavy (non-hydrogen) atoms. The van der Waals surface area contributed by atoms with Crippen LogP contribution in [0.5, 0.6) is 0 Å². The lowest BCUT2D eigenvalue weighted by Gasteiger charge is -2.27.